The molecule has 0 radical (unpaired) electrons. The van der Waals surface area contributed by atoms with Crippen LogP contribution in [-0.4, -0.2) is 37.6 Å². The Labute approximate surface area is 121 Å². The Morgan fingerprint density at radius 1 is 1.38 bits per heavy atom. The molecule has 0 saturated carbocycles. The molecule has 0 amide bonds. The summed E-state index contributed by atoms with van der Waals surface area (Å²) < 4.78 is 8.36. The number of hydrogen-bond donors (Lipinski definition) is 1. The van der Waals surface area contributed by atoms with E-state index in [9.17, 15) is 4.79 Å². The minimum atomic E-state index is -0.398. The van der Waals surface area contributed by atoms with Gasteiger partial charge in [0.15, 0.2) is 0 Å². The maximum absolute atomic E-state index is 12.2. The molecule has 8 nitrogen and oxygen atoms in total. The molecule has 0 bridgehead atoms. The third kappa shape index (κ3) is 1.91. The summed E-state index contributed by atoms with van der Waals surface area (Å²) in [5.74, 6) is 0.197. The fourth-order valence-electron chi connectivity index (χ4n) is 2.54. The number of aromatic nitrogens is 5. The van der Waals surface area contributed by atoms with Crippen molar-refractivity contribution in [3.8, 4) is 0 Å². The summed E-state index contributed by atoms with van der Waals surface area (Å²) in [5.41, 5.74) is 3.06. The quantitative estimate of drug-likeness (QED) is 0.822. The molecule has 0 aromatic carbocycles. The Kier molecular flexibility index (Phi) is 3.00. The molecule has 0 unspecified atom stereocenters. The van der Waals surface area contributed by atoms with Gasteiger partial charge in [-0.2, -0.15) is 15.2 Å². The van der Waals surface area contributed by atoms with Crippen LogP contribution in [0.2, 0.25) is 0 Å². The molecule has 2 aromatic heterocycles. The van der Waals surface area contributed by atoms with Gasteiger partial charge in [-0.25, -0.2) is 9.48 Å². The van der Waals surface area contributed by atoms with Crippen molar-refractivity contribution in [1.82, 2.24) is 24.5 Å². The van der Waals surface area contributed by atoms with Gasteiger partial charge in [0.1, 0.15) is 12.4 Å². The number of rotatable bonds is 2. The van der Waals surface area contributed by atoms with Crippen molar-refractivity contribution in [2.45, 2.75) is 19.9 Å². The molecule has 1 aliphatic rings. The van der Waals surface area contributed by atoms with E-state index in [1.165, 1.54) is 13.4 Å². The van der Waals surface area contributed by atoms with Crippen molar-refractivity contribution in [2.24, 2.45) is 7.05 Å². The SMILES string of the molecule is COC(=O)C1=C(C)Nc2ncnn2[C@H]1c1cnn(C)c1C. The van der Waals surface area contributed by atoms with Gasteiger partial charge in [0.25, 0.3) is 0 Å². The molecule has 0 aliphatic carbocycles. The molecule has 1 aliphatic heterocycles. The first-order chi connectivity index (χ1) is 10.0. The number of nitrogens with zero attached hydrogens (tertiary/aromatic N) is 5. The maximum Gasteiger partial charge on any atom is 0.338 e. The van der Waals surface area contributed by atoms with Crippen molar-refractivity contribution in [1.29, 1.82) is 0 Å². The van der Waals surface area contributed by atoms with Gasteiger partial charge < -0.3 is 10.1 Å². The van der Waals surface area contributed by atoms with E-state index in [1.807, 2.05) is 20.9 Å². The van der Waals surface area contributed by atoms with Gasteiger partial charge in [-0.3, -0.25) is 4.68 Å². The van der Waals surface area contributed by atoms with Gasteiger partial charge in [0.05, 0.1) is 18.9 Å². The van der Waals surface area contributed by atoms with E-state index in [1.54, 1.807) is 15.6 Å². The van der Waals surface area contributed by atoms with Crippen LogP contribution in [0.15, 0.2) is 23.8 Å². The molecule has 2 aromatic rings. The van der Waals surface area contributed by atoms with Crippen molar-refractivity contribution in [2.75, 3.05) is 12.4 Å². The van der Waals surface area contributed by atoms with Crippen LogP contribution in [0.3, 0.4) is 0 Å². The molecule has 3 rings (SSSR count). The van der Waals surface area contributed by atoms with Gasteiger partial charge in [0.2, 0.25) is 5.95 Å². The first-order valence-corrected chi connectivity index (χ1v) is 6.48. The Hall–Kier alpha value is -2.64. The van der Waals surface area contributed by atoms with Gasteiger partial charge in [0, 0.05) is 24.0 Å². The number of carbonyl (C=O) groups excluding carboxylic acids is 1. The third-order valence-corrected chi connectivity index (χ3v) is 3.77. The Morgan fingerprint density at radius 2 is 2.14 bits per heavy atom. The Morgan fingerprint density at radius 3 is 2.76 bits per heavy atom. The highest BCUT2D eigenvalue weighted by Crippen LogP contribution is 2.36. The second-order valence-electron chi connectivity index (χ2n) is 4.89. The minimum absolute atomic E-state index is 0.394. The smallest absolute Gasteiger partial charge is 0.338 e. The summed E-state index contributed by atoms with van der Waals surface area (Å²) in [6, 6.07) is -0.398. The molecule has 110 valence electrons. The lowest BCUT2D eigenvalue weighted by Crippen LogP contribution is -2.29. The maximum atomic E-state index is 12.2. The number of aryl methyl sites for hydroxylation is 1. The van der Waals surface area contributed by atoms with Gasteiger partial charge in [-0.15, -0.1) is 0 Å². The van der Waals surface area contributed by atoms with Crippen molar-refractivity contribution in [3.63, 3.8) is 0 Å². The van der Waals surface area contributed by atoms with E-state index in [4.69, 9.17) is 4.74 Å². The standard InChI is InChI=1S/C13H16N6O2/c1-7-10(12(20)21-4)11(9-5-15-18(3)8(9)2)19-13(17-7)14-6-16-19/h5-6,11H,1-4H3,(H,14,16,17)/t11-/m0/s1. The van der Waals surface area contributed by atoms with E-state index in [-0.39, 0.29) is 0 Å². The van der Waals surface area contributed by atoms with E-state index in [2.05, 4.69) is 20.5 Å². The summed E-state index contributed by atoms with van der Waals surface area (Å²) in [5, 5.41) is 11.6. The summed E-state index contributed by atoms with van der Waals surface area (Å²) >= 11 is 0. The zero-order valence-corrected chi connectivity index (χ0v) is 12.3. The fraction of sp³-hybridized carbons (Fsp3) is 0.385. The highest BCUT2D eigenvalue weighted by atomic mass is 16.5. The highest BCUT2D eigenvalue weighted by molar-refractivity contribution is 5.92. The molecule has 1 N–H and O–H groups in total. The van der Waals surface area contributed by atoms with Crippen LogP contribution >= 0.6 is 0 Å². The fourth-order valence-corrected chi connectivity index (χ4v) is 2.54. The molecular weight excluding hydrogens is 272 g/mol. The summed E-state index contributed by atoms with van der Waals surface area (Å²) in [6.07, 6.45) is 3.20. The molecule has 21 heavy (non-hydrogen) atoms. The second-order valence-corrected chi connectivity index (χ2v) is 4.89. The predicted molar refractivity (Wildman–Crippen MR) is 74.4 cm³/mol. The van der Waals surface area contributed by atoms with Crippen LogP contribution in [0.25, 0.3) is 0 Å². The van der Waals surface area contributed by atoms with Crippen LogP contribution in [0.5, 0.6) is 0 Å². The normalized spacial score (nSPS) is 17.4. The van der Waals surface area contributed by atoms with E-state index in [0.717, 1.165) is 11.3 Å². The number of esters is 1. The van der Waals surface area contributed by atoms with Gasteiger partial charge in [-0.05, 0) is 13.8 Å². The lowest BCUT2D eigenvalue weighted by Gasteiger charge is -2.27. The molecule has 8 heteroatoms. The first kappa shape index (κ1) is 13.3. The zero-order chi connectivity index (χ0) is 15.1. The van der Waals surface area contributed by atoms with E-state index < -0.39 is 12.0 Å². The molecular formula is C13H16N6O2. The molecule has 1 atom stereocenters. The Balaban J connectivity index is 2.22. The second kappa shape index (κ2) is 4.72. The largest absolute Gasteiger partial charge is 0.466 e. The van der Waals surface area contributed by atoms with Crippen molar-refractivity contribution in [3.05, 3.63) is 35.1 Å². The number of carbonyl (C=O) groups is 1. The lowest BCUT2D eigenvalue weighted by molar-refractivity contribution is -0.136. The molecule has 3 heterocycles. The topological polar surface area (TPSA) is 86.9 Å². The third-order valence-electron chi connectivity index (χ3n) is 3.77. The predicted octanol–water partition coefficient (Wildman–Crippen LogP) is 0.782. The number of anilines is 1. The van der Waals surface area contributed by atoms with Crippen LogP contribution < -0.4 is 5.32 Å². The molecule has 0 saturated heterocycles. The van der Waals surface area contributed by atoms with Gasteiger partial charge in [-0.1, -0.05) is 0 Å². The summed E-state index contributed by atoms with van der Waals surface area (Å²) in [7, 11) is 3.23. The summed E-state index contributed by atoms with van der Waals surface area (Å²) in [6.45, 7) is 3.77. The first-order valence-electron chi connectivity index (χ1n) is 6.48. The number of allylic oxidation sites excluding steroid dienone is 1. The molecule has 0 spiro atoms. The van der Waals surface area contributed by atoms with Crippen LogP contribution in [0.1, 0.15) is 24.2 Å². The number of ether oxygens (including phenoxy) is 1. The zero-order valence-electron chi connectivity index (χ0n) is 12.3. The average molecular weight is 288 g/mol. The number of methoxy groups -OCH3 is 1. The lowest BCUT2D eigenvalue weighted by atomic mass is 9.96. The van der Waals surface area contributed by atoms with E-state index >= 15 is 0 Å². The van der Waals surface area contributed by atoms with E-state index in [0.29, 0.717) is 17.2 Å². The monoisotopic (exact) mass is 288 g/mol. The number of fused-ring (bicyclic) bond motifs is 1. The van der Waals surface area contributed by atoms with Crippen LogP contribution in [-0.2, 0) is 16.6 Å². The minimum Gasteiger partial charge on any atom is -0.466 e. The van der Waals surface area contributed by atoms with Gasteiger partial charge >= 0.3 is 5.97 Å². The number of hydrogen-bond acceptors (Lipinski definition) is 6. The highest BCUT2D eigenvalue weighted by Gasteiger charge is 2.35. The van der Waals surface area contributed by atoms with Crippen molar-refractivity contribution >= 4 is 11.9 Å². The van der Waals surface area contributed by atoms with Crippen molar-refractivity contribution < 1.29 is 9.53 Å². The van der Waals surface area contributed by atoms with Crippen LogP contribution in [0.4, 0.5) is 5.95 Å². The van der Waals surface area contributed by atoms with Crippen LogP contribution in [0, 0.1) is 6.92 Å². The Bertz CT molecular complexity index is 742. The number of nitrogens with one attached hydrogen (secondary N) is 1. The molecule has 0 fully saturated rings. The average Bonchev–Trinajstić information content (AvgIpc) is 3.05. The summed E-state index contributed by atoms with van der Waals surface area (Å²) in [4.78, 5) is 16.4.